The van der Waals surface area contributed by atoms with E-state index in [0.29, 0.717) is 0 Å². The van der Waals surface area contributed by atoms with E-state index < -0.39 is 0 Å². The molecule has 0 aliphatic rings. The molecule has 0 atom stereocenters. The van der Waals surface area contributed by atoms with E-state index in [1.807, 2.05) is 22.7 Å². The van der Waals surface area contributed by atoms with Gasteiger partial charge in [-0.3, -0.25) is 0 Å². The van der Waals surface area contributed by atoms with E-state index in [1.165, 1.54) is 57.1 Å². The van der Waals surface area contributed by atoms with E-state index in [1.54, 1.807) is 0 Å². The quantitative estimate of drug-likeness (QED) is 0.258. The smallest absolute Gasteiger partial charge is 0.0891 e. The average molecular weight is 406 g/mol. The van der Waals surface area contributed by atoms with Crippen molar-refractivity contribution in [2.45, 2.75) is 0 Å². The van der Waals surface area contributed by atoms with E-state index in [2.05, 4.69) is 95.6 Å². The second kappa shape index (κ2) is 5.69. The maximum absolute atomic E-state index is 2.44. The predicted molar refractivity (Wildman–Crippen MR) is 129 cm³/mol. The van der Waals surface area contributed by atoms with Crippen LogP contribution in [0.3, 0.4) is 0 Å². The summed E-state index contributed by atoms with van der Waals surface area (Å²) in [5, 5.41) is 6.80. The van der Waals surface area contributed by atoms with Crippen LogP contribution in [0, 0.1) is 0 Å². The van der Waals surface area contributed by atoms with Crippen LogP contribution in [0.15, 0.2) is 91.0 Å². The van der Waals surface area contributed by atoms with Gasteiger partial charge in [-0.05, 0) is 24.3 Å². The fraction of sp³-hybridized carbons (Fsp3) is 0. The number of para-hydroxylation sites is 2. The van der Waals surface area contributed by atoms with E-state index in [4.69, 9.17) is 0 Å². The van der Waals surface area contributed by atoms with E-state index in [0.717, 1.165) is 0 Å². The van der Waals surface area contributed by atoms with Crippen LogP contribution in [0.25, 0.3) is 57.1 Å². The number of hydrogen-bond acceptors (Lipinski definition) is 2. The van der Waals surface area contributed by atoms with Crippen LogP contribution in [0.5, 0.6) is 0 Å². The summed E-state index contributed by atoms with van der Waals surface area (Å²) in [7, 11) is 0. The third-order valence-corrected chi connectivity index (χ3v) is 8.30. The van der Waals surface area contributed by atoms with Gasteiger partial charge >= 0.3 is 0 Å². The molecule has 0 N–H and O–H groups in total. The van der Waals surface area contributed by atoms with Gasteiger partial charge in [0, 0.05) is 37.3 Å². The van der Waals surface area contributed by atoms with Crippen LogP contribution < -0.4 is 0 Å². The summed E-state index contributed by atoms with van der Waals surface area (Å²) in [6.45, 7) is 0. The minimum Gasteiger partial charge on any atom is -0.308 e. The first-order valence-electron chi connectivity index (χ1n) is 9.71. The molecule has 0 amide bonds. The second-order valence-corrected chi connectivity index (χ2v) is 9.72. The van der Waals surface area contributed by atoms with Gasteiger partial charge in [-0.25, -0.2) is 0 Å². The zero-order valence-corrected chi connectivity index (χ0v) is 17.1. The van der Waals surface area contributed by atoms with Crippen molar-refractivity contribution in [3.63, 3.8) is 0 Å². The highest BCUT2D eigenvalue weighted by atomic mass is 32.2. The molecule has 0 fully saturated rings. The van der Waals surface area contributed by atoms with Crippen LogP contribution in [-0.4, -0.2) is 4.57 Å². The first kappa shape index (κ1) is 15.7. The van der Waals surface area contributed by atoms with Gasteiger partial charge in [0.2, 0.25) is 0 Å². The SMILES string of the molecule is c1ccc(-n2c3ccccc3c3ccc4c(sc5sc6ccccc6c54)c32)cc1. The Hall–Kier alpha value is -3.14. The summed E-state index contributed by atoms with van der Waals surface area (Å²) in [5.41, 5.74) is 3.81. The third kappa shape index (κ3) is 2.04. The van der Waals surface area contributed by atoms with E-state index in [-0.39, 0.29) is 0 Å². The van der Waals surface area contributed by atoms with Gasteiger partial charge in [0.25, 0.3) is 0 Å². The normalized spacial score (nSPS) is 12.1. The molecular weight excluding hydrogens is 390 g/mol. The molecule has 7 aromatic rings. The molecular formula is C26H15NS2. The van der Waals surface area contributed by atoms with Crippen molar-refractivity contribution in [2.24, 2.45) is 0 Å². The fourth-order valence-electron chi connectivity index (χ4n) is 4.62. The number of benzene rings is 4. The molecule has 0 aliphatic heterocycles. The zero-order valence-electron chi connectivity index (χ0n) is 15.4. The van der Waals surface area contributed by atoms with Crippen LogP contribution in [0.2, 0.25) is 0 Å². The maximum atomic E-state index is 2.44. The molecule has 0 unspecified atom stereocenters. The van der Waals surface area contributed by atoms with E-state index in [9.17, 15) is 0 Å². The molecule has 3 aromatic heterocycles. The molecule has 0 saturated heterocycles. The van der Waals surface area contributed by atoms with Crippen molar-refractivity contribution in [1.29, 1.82) is 0 Å². The van der Waals surface area contributed by atoms with Gasteiger partial charge < -0.3 is 4.57 Å². The molecule has 4 aromatic carbocycles. The lowest BCUT2D eigenvalue weighted by molar-refractivity contribution is 1.19. The molecule has 0 saturated carbocycles. The zero-order chi connectivity index (χ0) is 18.9. The highest BCUT2D eigenvalue weighted by Crippen LogP contribution is 2.47. The van der Waals surface area contributed by atoms with Crippen molar-refractivity contribution >= 4 is 74.1 Å². The Morgan fingerprint density at radius 3 is 2.17 bits per heavy atom. The molecule has 3 heterocycles. The third-order valence-electron chi connectivity index (χ3n) is 5.83. The molecule has 3 heteroatoms. The van der Waals surface area contributed by atoms with Gasteiger partial charge in [-0.15, -0.1) is 22.7 Å². The van der Waals surface area contributed by atoms with Crippen LogP contribution in [0.1, 0.15) is 0 Å². The van der Waals surface area contributed by atoms with Crippen LogP contribution >= 0.6 is 22.7 Å². The number of nitrogens with zero attached hydrogens (tertiary/aromatic N) is 1. The predicted octanol–water partition coefficient (Wildman–Crippen LogP) is 8.37. The molecule has 7 rings (SSSR count). The molecule has 29 heavy (non-hydrogen) atoms. The van der Waals surface area contributed by atoms with Gasteiger partial charge in [0.15, 0.2) is 0 Å². The Morgan fingerprint density at radius 2 is 1.28 bits per heavy atom. The minimum absolute atomic E-state index is 1.22. The number of aromatic nitrogens is 1. The van der Waals surface area contributed by atoms with Gasteiger partial charge in [-0.1, -0.05) is 66.7 Å². The van der Waals surface area contributed by atoms with Crippen molar-refractivity contribution < 1.29 is 0 Å². The average Bonchev–Trinajstić information content (AvgIpc) is 3.41. The summed E-state index contributed by atoms with van der Waals surface area (Å²) in [6, 6.07) is 32.9. The van der Waals surface area contributed by atoms with Crippen molar-refractivity contribution in [1.82, 2.24) is 4.57 Å². The Bertz CT molecular complexity index is 1700. The lowest BCUT2D eigenvalue weighted by atomic mass is 10.1. The summed E-state index contributed by atoms with van der Waals surface area (Å²) < 4.78 is 6.61. The summed E-state index contributed by atoms with van der Waals surface area (Å²) >= 11 is 3.85. The topological polar surface area (TPSA) is 4.93 Å². The van der Waals surface area contributed by atoms with Crippen LogP contribution in [-0.2, 0) is 0 Å². The second-order valence-electron chi connectivity index (χ2n) is 7.39. The highest BCUT2D eigenvalue weighted by molar-refractivity contribution is 7.45. The maximum Gasteiger partial charge on any atom is 0.0891 e. The first-order valence-corrected chi connectivity index (χ1v) is 11.3. The van der Waals surface area contributed by atoms with Crippen molar-refractivity contribution in [3.8, 4) is 5.69 Å². The Morgan fingerprint density at radius 1 is 0.552 bits per heavy atom. The molecule has 136 valence electrons. The Kier molecular flexibility index (Phi) is 3.09. The molecule has 0 radical (unpaired) electrons. The standard InChI is InChI=1S/C26H15NS2/c1-2-8-16(9-3-1)27-21-12-6-4-10-17(21)18-14-15-20-23-19-11-5-7-13-22(19)28-26(23)29-25(20)24(18)27/h1-15H. The van der Waals surface area contributed by atoms with Crippen molar-refractivity contribution in [3.05, 3.63) is 91.0 Å². The molecule has 0 bridgehead atoms. The monoisotopic (exact) mass is 405 g/mol. The Balaban J connectivity index is 1.75. The van der Waals surface area contributed by atoms with E-state index >= 15 is 0 Å². The summed E-state index contributed by atoms with van der Waals surface area (Å²) in [4.78, 5) is 0. The fourth-order valence-corrected chi connectivity index (χ4v) is 7.34. The minimum atomic E-state index is 1.22. The van der Waals surface area contributed by atoms with Crippen molar-refractivity contribution in [2.75, 3.05) is 0 Å². The molecule has 1 nitrogen and oxygen atoms in total. The lowest BCUT2D eigenvalue weighted by Gasteiger charge is -2.08. The number of rotatable bonds is 1. The first-order chi connectivity index (χ1) is 14.4. The summed E-state index contributed by atoms with van der Waals surface area (Å²) in [5.74, 6) is 0. The van der Waals surface area contributed by atoms with Crippen LogP contribution in [0.4, 0.5) is 0 Å². The Labute approximate surface area is 175 Å². The number of fused-ring (bicyclic) bond motifs is 9. The molecule has 0 aliphatic carbocycles. The molecule has 0 spiro atoms. The number of thiophene rings is 2. The highest BCUT2D eigenvalue weighted by Gasteiger charge is 2.19. The van der Waals surface area contributed by atoms with Gasteiger partial charge in [-0.2, -0.15) is 0 Å². The number of hydrogen-bond donors (Lipinski definition) is 0. The lowest BCUT2D eigenvalue weighted by Crippen LogP contribution is -1.92. The largest absolute Gasteiger partial charge is 0.308 e. The van der Waals surface area contributed by atoms with Gasteiger partial charge in [0.1, 0.15) is 0 Å². The summed E-state index contributed by atoms with van der Waals surface area (Å²) in [6.07, 6.45) is 0. The van der Waals surface area contributed by atoms with Gasteiger partial charge in [0.05, 0.1) is 19.7 Å².